The third-order valence-electron chi connectivity index (χ3n) is 5.66. The van der Waals surface area contributed by atoms with Crippen molar-refractivity contribution in [2.45, 2.75) is 44.6 Å². The average Bonchev–Trinajstić information content (AvgIpc) is 2.72. The highest BCUT2D eigenvalue weighted by atomic mass is 16.5. The molecule has 0 spiro atoms. The van der Waals surface area contributed by atoms with Crippen molar-refractivity contribution in [2.75, 3.05) is 7.11 Å². The van der Waals surface area contributed by atoms with Crippen molar-refractivity contribution in [3.05, 3.63) is 95.1 Å². The van der Waals surface area contributed by atoms with Crippen LogP contribution in [-0.2, 0) is 5.41 Å². The van der Waals surface area contributed by atoms with Crippen LogP contribution in [0, 0.1) is 0 Å². The molecule has 0 amide bonds. The van der Waals surface area contributed by atoms with Crippen LogP contribution in [0.15, 0.2) is 72.8 Å². The van der Waals surface area contributed by atoms with Crippen LogP contribution in [0.3, 0.4) is 0 Å². The van der Waals surface area contributed by atoms with Gasteiger partial charge in [0.15, 0.2) is 0 Å². The van der Waals surface area contributed by atoms with E-state index < -0.39 is 0 Å². The van der Waals surface area contributed by atoms with E-state index in [1.807, 2.05) is 0 Å². The van der Waals surface area contributed by atoms with E-state index in [1.54, 1.807) is 7.11 Å². The Hall–Kier alpha value is -2.74. The van der Waals surface area contributed by atoms with Gasteiger partial charge in [0.2, 0.25) is 0 Å². The first-order chi connectivity index (χ1) is 13.5. The number of rotatable bonds is 3. The third kappa shape index (κ3) is 3.64. The Morgan fingerprint density at radius 3 is 2.21 bits per heavy atom. The lowest BCUT2D eigenvalue weighted by Gasteiger charge is -2.34. The van der Waals surface area contributed by atoms with Gasteiger partial charge in [-0.1, -0.05) is 75.4 Å². The number of benzene rings is 3. The molecular formula is C26H28O2. The number of ether oxygens (including phenoxy) is 2. The maximum atomic E-state index is 6.46. The van der Waals surface area contributed by atoms with Crippen molar-refractivity contribution < 1.29 is 9.47 Å². The monoisotopic (exact) mass is 372 g/mol. The largest absolute Gasteiger partial charge is 0.497 e. The van der Waals surface area contributed by atoms with Crippen LogP contribution < -0.4 is 9.47 Å². The summed E-state index contributed by atoms with van der Waals surface area (Å²) in [5.74, 6) is 2.18. The highest BCUT2D eigenvalue weighted by Gasteiger charge is 2.31. The molecule has 1 aliphatic rings. The smallest absolute Gasteiger partial charge is 0.125 e. The summed E-state index contributed by atoms with van der Waals surface area (Å²) in [7, 11) is 1.71. The fourth-order valence-corrected chi connectivity index (χ4v) is 3.96. The minimum Gasteiger partial charge on any atom is -0.497 e. The second-order valence-corrected chi connectivity index (χ2v) is 8.58. The van der Waals surface area contributed by atoms with Crippen molar-refractivity contribution in [1.82, 2.24) is 0 Å². The Bertz CT molecular complexity index is 936. The van der Waals surface area contributed by atoms with E-state index >= 15 is 0 Å². The third-order valence-corrected chi connectivity index (χ3v) is 5.66. The summed E-state index contributed by atoms with van der Waals surface area (Å²) in [5.41, 5.74) is 5.26. The van der Waals surface area contributed by atoms with Gasteiger partial charge in [-0.2, -0.15) is 0 Å². The fourth-order valence-electron chi connectivity index (χ4n) is 3.96. The molecule has 3 aromatic rings. The highest BCUT2D eigenvalue weighted by molar-refractivity contribution is 5.48. The van der Waals surface area contributed by atoms with Crippen LogP contribution in [-0.4, -0.2) is 7.11 Å². The molecule has 1 aliphatic heterocycles. The molecule has 1 heterocycles. The van der Waals surface area contributed by atoms with Crippen LogP contribution in [0.4, 0.5) is 0 Å². The molecule has 144 valence electrons. The summed E-state index contributed by atoms with van der Waals surface area (Å²) in [6.45, 7) is 6.77. The summed E-state index contributed by atoms with van der Waals surface area (Å²) >= 11 is 0. The van der Waals surface area contributed by atoms with E-state index in [2.05, 4.69) is 93.6 Å². The van der Waals surface area contributed by atoms with Gasteiger partial charge in [-0.3, -0.25) is 0 Å². The van der Waals surface area contributed by atoms with Gasteiger partial charge in [0.25, 0.3) is 0 Å². The van der Waals surface area contributed by atoms with Gasteiger partial charge >= 0.3 is 0 Å². The molecule has 0 saturated carbocycles. The minimum absolute atomic E-state index is 0.0567. The molecule has 3 aromatic carbocycles. The van der Waals surface area contributed by atoms with Gasteiger partial charge in [-0.05, 0) is 46.7 Å². The summed E-state index contributed by atoms with van der Waals surface area (Å²) in [6.07, 6.45) is 0.984. The maximum absolute atomic E-state index is 6.46. The molecule has 28 heavy (non-hydrogen) atoms. The Kier molecular flexibility index (Phi) is 4.89. The first-order valence-electron chi connectivity index (χ1n) is 9.95. The molecule has 2 heteroatoms. The molecule has 0 unspecified atom stereocenters. The van der Waals surface area contributed by atoms with Gasteiger partial charge in [-0.25, -0.2) is 0 Å². The lowest BCUT2D eigenvalue weighted by molar-refractivity contribution is 0.167. The number of methoxy groups -OCH3 is 1. The van der Waals surface area contributed by atoms with Gasteiger partial charge in [0, 0.05) is 11.5 Å². The molecular weight excluding hydrogens is 344 g/mol. The Balaban J connectivity index is 1.79. The SMILES string of the molecule is COc1ccc([C@H]2C[C@@H](c3ccccc3)Oc3ccc(C(C)(C)C)cc32)cc1. The number of hydrogen-bond acceptors (Lipinski definition) is 2. The minimum atomic E-state index is 0.0567. The van der Waals surface area contributed by atoms with E-state index in [0.29, 0.717) is 5.92 Å². The topological polar surface area (TPSA) is 18.5 Å². The molecule has 0 saturated heterocycles. The van der Waals surface area contributed by atoms with Crippen molar-refractivity contribution in [1.29, 1.82) is 0 Å². The zero-order valence-electron chi connectivity index (χ0n) is 17.1. The lowest BCUT2D eigenvalue weighted by atomic mass is 9.79. The first-order valence-corrected chi connectivity index (χ1v) is 9.95. The summed E-state index contributed by atoms with van der Waals surface area (Å²) in [5, 5.41) is 0. The van der Waals surface area contributed by atoms with Crippen molar-refractivity contribution in [2.24, 2.45) is 0 Å². The summed E-state index contributed by atoms with van der Waals surface area (Å²) in [6, 6.07) is 25.7. The number of fused-ring (bicyclic) bond motifs is 1. The van der Waals surface area contributed by atoms with Crippen molar-refractivity contribution in [3.8, 4) is 11.5 Å². The summed E-state index contributed by atoms with van der Waals surface area (Å²) in [4.78, 5) is 0. The molecule has 0 aromatic heterocycles. The predicted molar refractivity (Wildman–Crippen MR) is 114 cm³/mol. The van der Waals surface area contributed by atoms with E-state index in [4.69, 9.17) is 9.47 Å². The van der Waals surface area contributed by atoms with Gasteiger partial charge in [-0.15, -0.1) is 0 Å². The normalized spacial score (nSPS) is 18.9. The zero-order valence-corrected chi connectivity index (χ0v) is 17.1. The van der Waals surface area contributed by atoms with Crippen molar-refractivity contribution >= 4 is 0 Å². The Labute approximate surface area is 168 Å². The molecule has 2 nitrogen and oxygen atoms in total. The molecule has 0 radical (unpaired) electrons. The second kappa shape index (κ2) is 7.35. The second-order valence-electron chi connectivity index (χ2n) is 8.58. The van der Waals surface area contributed by atoms with Crippen LogP contribution in [0.1, 0.15) is 61.5 Å². The Morgan fingerprint density at radius 1 is 0.857 bits per heavy atom. The Morgan fingerprint density at radius 2 is 1.57 bits per heavy atom. The molecule has 2 atom stereocenters. The quantitative estimate of drug-likeness (QED) is 0.512. The zero-order chi connectivity index (χ0) is 19.7. The van der Waals surface area contributed by atoms with Gasteiger partial charge < -0.3 is 9.47 Å². The van der Waals surface area contributed by atoms with Crippen LogP contribution in [0.2, 0.25) is 0 Å². The van der Waals surface area contributed by atoms with Crippen LogP contribution in [0.25, 0.3) is 0 Å². The van der Waals surface area contributed by atoms with Crippen molar-refractivity contribution in [3.63, 3.8) is 0 Å². The molecule has 0 N–H and O–H groups in total. The lowest BCUT2D eigenvalue weighted by Crippen LogP contribution is -2.21. The first kappa shape index (κ1) is 18.6. The predicted octanol–water partition coefficient (Wildman–Crippen LogP) is 6.65. The summed E-state index contributed by atoms with van der Waals surface area (Å²) < 4.78 is 11.8. The van der Waals surface area contributed by atoms with E-state index in [1.165, 1.54) is 22.3 Å². The van der Waals surface area contributed by atoms with E-state index in [0.717, 1.165) is 17.9 Å². The fraction of sp³-hybridized carbons (Fsp3) is 0.308. The highest BCUT2D eigenvalue weighted by Crippen LogP contribution is 2.46. The van der Waals surface area contributed by atoms with Crippen LogP contribution >= 0.6 is 0 Å². The molecule has 0 bridgehead atoms. The average molecular weight is 373 g/mol. The van der Waals surface area contributed by atoms with E-state index in [9.17, 15) is 0 Å². The van der Waals surface area contributed by atoms with E-state index in [-0.39, 0.29) is 11.5 Å². The van der Waals surface area contributed by atoms with Crippen LogP contribution in [0.5, 0.6) is 11.5 Å². The standard InChI is InChI=1S/C26H28O2/c1-26(2,3)20-12-15-24-23(16-20)22(18-10-13-21(27-4)14-11-18)17-25(28-24)19-8-6-5-7-9-19/h5-16,22,25H,17H2,1-4H3/t22-,25+/m1/s1. The molecule has 0 aliphatic carbocycles. The maximum Gasteiger partial charge on any atom is 0.125 e. The van der Waals surface area contributed by atoms with Gasteiger partial charge in [0.1, 0.15) is 17.6 Å². The van der Waals surface area contributed by atoms with Gasteiger partial charge in [0.05, 0.1) is 7.11 Å². The molecule has 4 rings (SSSR count). The number of hydrogen-bond donors (Lipinski definition) is 0. The molecule has 0 fully saturated rings.